The number of ether oxygens (including phenoxy) is 1. The molecule has 3 aromatic rings. The molecule has 0 bridgehead atoms. The summed E-state index contributed by atoms with van der Waals surface area (Å²) < 4.78 is 5.06. The van der Waals surface area contributed by atoms with Crippen LogP contribution in [0.3, 0.4) is 0 Å². The van der Waals surface area contributed by atoms with Gasteiger partial charge in [-0.1, -0.05) is 30.3 Å². The standard InChI is InChI=1S/C26H28N4O4/c1-26(2,3)29-25(33)34-18-24(32)30(22-7-5-4-6-8-22)17-23(31)28-21-11-9-19(10-12-21)20-13-15-27-16-14-20/h4-16H,17-18H2,1-3H3,(H,28,31)(H,29,33). The normalized spacial score (nSPS) is 10.8. The number of hydrogen-bond donors (Lipinski definition) is 2. The zero-order valence-electron chi connectivity index (χ0n) is 19.4. The summed E-state index contributed by atoms with van der Waals surface area (Å²) in [5, 5.41) is 5.43. The lowest BCUT2D eigenvalue weighted by atomic mass is 10.1. The SMILES string of the molecule is CC(C)(C)NC(=O)OCC(=O)N(CC(=O)Nc1ccc(-c2ccncc2)cc1)c1ccccc1. The third-order valence-corrected chi connectivity index (χ3v) is 4.66. The summed E-state index contributed by atoms with van der Waals surface area (Å²) in [5.74, 6) is -0.897. The number of pyridine rings is 1. The molecule has 0 fully saturated rings. The maximum atomic E-state index is 12.8. The van der Waals surface area contributed by atoms with Gasteiger partial charge in [0.25, 0.3) is 5.91 Å². The Kier molecular flexibility index (Phi) is 7.97. The molecule has 0 saturated carbocycles. The highest BCUT2D eigenvalue weighted by molar-refractivity contribution is 6.03. The van der Waals surface area contributed by atoms with Gasteiger partial charge in [0.05, 0.1) is 0 Å². The smallest absolute Gasteiger partial charge is 0.408 e. The van der Waals surface area contributed by atoms with E-state index in [1.165, 1.54) is 4.90 Å². The van der Waals surface area contributed by atoms with E-state index in [0.717, 1.165) is 11.1 Å². The van der Waals surface area contributed by atoms with Crippen molar-refractivity contribution in [2.75, 3.05) is 23.4 Å². The first-order chi connectivity index (χ1) is 16.2. The van der Waals surface area contributed by atoms with Gasteiger partial charge < -0.3 is 20.3 Å². The molecule has 3 rings (SSSR count). The van der Waals surface area contributed by atoms with Crippen LogP contribution < -0.4 is 15.5 Å². The number of benzene rings is 2. The second-order valence-corrected chi connectivity index (χ2v) is 8.63. The second kappa shape index (κ2) is 11.1. The maximum absolute atomic E-state index is 12.8. The van der Waals surface area contributed by atoms with Crippen LogP contribution in [0.15, 0.2) is 79.1 Å². The van der Waals surface area contributed by atoms with Gasteiger partial charge in [-0.2, -0.15) is 0 Å². The quantitative estimate of drug-likeness (QED) is 0.549. The minimum atomic E-state index is -0.701. The molecule has 8 heteroatoms. The first kappa shape index (κ1) is 24.4. The lowest BCUT2D eigenvalue weighted by Crippen LogP contribution is -2.44. The van der Waals surface area contributed by atoms with Crippen molar-refractivity contribution in [2.45, 2.75) is 26.3 Å². The zero-order chi connectivity index (χ0) is 24.6. The Labute approximate surface area is 199 Å². The van der Waals surface area contributed by atoms with Crippen molar-refractivity contribution in [1.29, 1.82) is 0 Å². The molecule has 3 amide bonds. The Hall–Kier alpha value is -4.20. The minimum Gasteiger partial charge on any atom is -0.439 e. The van der Waals surface area contributed by atoms with Crippen LogP contribution in [0, 0.1) is 0 Å². The van der Waals surface area contributed by atoms with Crippen LogP contribution in [0.25, 0.3) is 11.1 Å². The van der Waals surface area contributed by atoms with Crippen LogP contribution in [0.1, 0.15) is 20.8 Å². The number of carbonyl (C=O) groups excluding carboxylic acids is 3. The van der Waals surface area contributed by atoms with Crippen molar-refractivity contribution in [1.82, 2.24) is 10.3 Å². The Morgan fingerprint density at radius 3 is 2.12 bits per heavy atom. The van der Waals surface area contributed by atoms with Gasteiger partial charge in [-0.05, 0) is 68.3 Å². The first-order valence-corrected chi connectivity index (χ1v) is 10.8. The average Bonchev–Trinajstić information content (AvgIpc) is 2.81. The van der Waals surface area contributed by atoms with E-state index >= 15 is 0 Å². The van der Waals surface area contributed by atoms with E-state index in [1.54, 1.807) is 69.6 Å². The molecule has 0 aliphatic carbocycles. The molecule has 0 saturated heterocycles. The van der Waals surface area contributed by atoms with Gasteiger partial charge >= 0.3 is 6.09 Å². The Morgan fingerprint density at radius 2 is 1.50 bits per heavy atom. The Balaban J connectivity index is 1.65. The van der Waals surface area contributed by atoms with Gasteiger partial charge in [-0.15, -0.1) is 0 Å². The number of amides is 3. The molecule has 0 unspecified atom stereocenters. The fourth-order valence-electron chi connectivity index (χ4n) is 3.11. The number of para-hydroxylation sites is 1. The molecule has 2 N–H and O–H groups in total. The fraction of sp³-hybridized carbons (Fsp3) is 0.231. The van der Waals surface area contributed by atoms with E-state index in [0.29, 0.717) is 11.4 Å². The van der Waals surface area contributed by atoms with Crippen LogP contribution in [0.4, 0.5) is 16.2 Å². The first-order valence-electron chi connectivity index (χ1n) is 10.8. The second-order valence-electron chi connectivity index (χ2n) is 8.63. The summed E-state index contributed by atoms with van der Waals surface area (Å²) in [5.41, 5.74) is 2.64. The van der Waals surface area contributed by atoms with Crippen LogP contribution >= 0.6 is 0 Å². The summed E-state index contributed by atoms with van der Waals surface area (Å²) in [7, 11) is 0. The lowest BCUT2D eigenvalue weighted by molar-refractivity contribution is -0.123. The number of rotatable bonds is 7. The molecule has 176 valence electrons. The number of nitrogens with zero attached hydrogens (tertiary/aromatic N) is 2. The van der Waals surface area contributed by atoms with Crippen molar-refractivity contribution in [2.24, 2.45) is 0 Å². The van der Waals surface area contributed by atoms with Gasteiger partial charge in [-0.3, -0.25) is 14.6 Å². The predicted molar refractivity (Wildman–Crippen MR) is 131 cm³/mol. The van der Waals surface area contributed by atoms with Gasteiger partial charge in [0.15, 0.2) is 6.61 Å². The summed E-state index contributed by atoms with van der Waals surface area (Å²) in [6.45, 7) is 4.69. The molecule has 0 radical (unpaired) electrons. The molecular formula is C26H28N4O4. The van der Waals surface area contributed by atoms with Crippen LogP contribution in [-0.4, -0.2) is 41.6 Å². The topological polar surface area (TPSA) is 101 Å². The molecule has 0 spiro atoms. The zero-order valence-corrected chi connectivity index (χ0v) is 19.4. The van der Waals surface area contributed by atoms with Gasteiger partial charge in [0, 0.05) is 29.3 Å². The van der Waals surface area contributed by atoms with E-state index in [2.05, 4.69) is 15.6 Å². The van der Waals surface area contributed by atoms with E-state index in [4.69, 9.17) is 4.74 Å². The molecule has 8 nitrogen and oxygen atoms in total. The summed E-state index contributed by atoms with van der Waals surface area (Å²) in [6.07, 6.45) is 2.74. The van der Waals surface area contributed by atoms with Crippen molar-refractivity contribution in [3.63, 3.8) is 0 Å². The van der Waals surface area contributed by atoms with Crippen LogP contribution in [0.2, 0.25) is 0 Å². The van der Waals surface area contributed by atoms with Crippen molar-refractivity contribution >= 4 is 29.3 Å². The molecule has 0 atom stereocenters. The molecular weight excluding hydrogens is 432 g/mol. The lowest BCUT2D eigenvalue weighted by Gasteiger charge is -2.23. The highest BCUT2D eigenvalue weighted by Crippen LogP contribution is 2.21. The molecule has 2 aromatic carbocycles. The maximum Gasteiger partial charge on any atom is 0.408 e. The number of alkyl carbamates (subject to hydrolysis) is 1. The third kappa shape index (κ3) is 7.44. The molecule has 34 heavy (non-hydrogen) atoms. The highest BCUT2D eigenvalue weighted by atomic mass is 16.6. The summed E-state index contributed by atoms with van der Waals surface area (Å²) in [4.78, 5) is 42.8. The third-order valence-electron chi connectivity index (χ3n) is 4.66. The number of carbonyl (C=O) groups is 3. The molecule has 1 heterocycles. The van der Waals surface area contributed by atoms with Crippen LogP contribution in [0.5, 0.6) is 0 Å². The van der Waals surface area contributed by atoms with E-state index < -0.39 is 24.1 Å². The monoisotopic (exact) mass is 460 g/mol. The highest BCUT2D eigenvalue weighted by Gasteiger charge is 2.22. The van der Waals surface area contributed by atoms with Crippen molar-refractivity contribution < 1.29 is 19.1 Å². The van der Waals surface area contributed by atoms with Gasteiger partial charge in [0.1, 0.15) is 6.54 Å². The number of hydrogen-bond acceptors (Lipinski definition) is 5. The van der Waals surface area contributed by atoms with E-state index in [9.17, 15) is 14.4 Å². The summed E-state index contributed by atoms with van der Waals surface area (Å²) in [6, 6.07) is 19.9. The van der Waals surface area contributed by atoms with Crippen molar-refractivity contribution in [3.8, 4) is 11.1 Å². The number of aromatic nitrogens is 1. The molecule has 1 aromatic heterocycles. The fourth-order valence-corrected chi connectivity index (χ4v) is 3.11. The van der Waals surface area contributed by atoms with Gasteiger partial charge in [-0.25, -0.2) is 4.79 Å². The largest absolute Gasteiger partial charge is 0.439 e. The average molecular weight is 461 g/mol. The van der Waals surface area contributed by atoms with Crippen LogP contribution in [-0.2, 0) is 14.3 Å². The Bertz CT molecular complexity index is 1110. The summed E-state index contributed by atoms with van der Waals surface area (Å²) >= 11 is 0. The van der Waals surface area contributed by atoms with Crippen molar-refractivity contribution in [3.05, 3.63) is 79.1 Å². The molecule has 0 aliphatic rings. The number of anilines is 2. The predicted octanol–water partition coefficient (Wildman–Crippen LogP) is 4.25. The Morgan fingerprint density at radius 1 is 0.882 bits per heavy atom. The number of nitrogens with one attached hydrogen (secondary N) is 2. The van der Waals surface area contributed by atoms with E-state index in [-0.39, 0.29) is 12.5 Å². The van der Waals surface area contributed by atoms with E-state index in [1.807, 2.05) is 30.3 Å². The van der Waals surface area contributed by atoms with Gasteiger partial charge in [0.2, 0.25) is 5.91 Å². The molecule has 0 aliphatic heterocycles. The minimum absolute atomic E-state index is 0.237.